The average Bonchev–Trinajstić information content (AvgIpc) is 2.61. The lowest BCUT2D eigenvalue weighted by molar-refractivity contribution is 0.0936. The van der Waals surface area contributed by atoms with E-state index in [4.69, 9.17) is 0 Å². The van der Waals surface area contributed by atoms with Gasteiger partial charge in [0.2, 0.25) is 0 Å². The summed E-state index contributed by atoms with van der Waals surface area (Å²) in [5, 5.41) is 2.91. The number of hydrogen-bond acceptors (Lipinski definition) is 3. The lowest BCUT2D eigenvalue weighted by atomic mass is 10.00. The molecule has 0 aliphatic rings. The smallest absolute Gasteiger partial charge is 0.253 e. The highest BCUT2D eigenvalue weighted by Crippen LogP contribution is 2.20. The van der Waals surface area contributed by atoms with E-state index in [1.807, 2.05) is 19.1 Å². The van der Waals surface area contributed by atoms with Crippen molar-refractivity contribution in [2.45, 2.75) is 45.1 Å². The fourth-order valence-corrected chi connectivity index (χ4v) is 3.95. The van der Waals surface area contributed by atoms with E-state index in [-0.39, 0.29) is 28.2 Å². The normalized spacial score (nSPS) is 12.8. The van der Waals surface area contributed by atoms with E-state index in [0.717, 1.165) is 12.0 Å². The number of carbonyl (C=O) groups excluding carboxylic acids is 1. The molecule has 4 nitrogen and oxygen atoms in total. The van der Waals surface area contributed by atoms with Crippen LogP contribution in [-0.2, 0) is 16.3 Å². The van der Waals surface area contributed by atoms with Crippen LogP contribution in [0.5, 0.6) is 0 Å². The lowest BCUT2D eigenvalue weighted by Gasteiger charge is -2.16. The van der Waals surface area contributed by atoms with Crippen LogP contribution in [0.15, 0.2) is 53.4 Å². The number of carbonyl (C=O) groups is 1. The molecule has 0 heterocycles. The summed E-state index contributed by atoms with van der Waals surface area (Å²) in [7, 11) is -3.45. The summed E-state index contributed by atoms with van der Waals surface area (Å²) in [6.45, 7) is 7.83. The third-order valence-electron chi connectivity index (χ3n) is 4.32. The van der Waals surface area contributed by atoms with Crippen molar-refractivity contribution in [3.8, 4) is 0 Å². The van der Waals surface area contributed by atoms with E-state index in [1.54, 1.807) is 25.1 Å². The van der Waals surface area contributed by atoms with Gasteiger partial charge in [-0.05, 0) is 42.5 Å². The van der Waals surface area contributed by atoms with Crippen molar-refractivity contribution in [1.29, 1.82) is 0 Å². The SMILES string of the molecule is CCS(=O)(=O)c1ccccc1C(=O)NC(C)c1ccc(CC(C)C)cc1. The summed E-state index contributed by atoms with van der Waals surface area (Å²) >= 11 is 0. The van der Waals surface area contributed by atoms with Gasteiger partial charge in [-0.15, -0.1) is 0 Å². The molecule has 1 atom stereocenters. The molecular weight excluding hydrogens is 346 g/mol. The van der Waals surface area contributed by atoms with Crippen molar-refractivity contribution in [1.82, 2.24) is 5.32 Å². The molecule has 0 bridgehead atoms. The first-order valence-electron chi connectivity index (χ1n) is 8.96. The van der Waals surface area contributed by atoms with Crippen LogP contribution in [0.25, 0.3) is 0 Å². The van der Waals surface area contributed by atoms with Crippen molar-refractivity contribution in [2.75, 3.05) is 5.75 Å². The van der Waals surface area contributed by atoms with E-state index in [0.29, 0.717) is 5.92 Å². The standard InChI is InChI=1S/C21H27NO3S/c1-5-26(24,25)20-9-7-6-8-19(20)21(23)22-16(4)18-12-10-17(11-13-18)14-15(2)3/h6-13,15-16H,5,14H2,1-4H3,(H,22,23). The van der Waals surface area contributed by atoms with E-state index in [2.05, 4.69) is 31.3 Å². The average molecular weight is 374 g/mol. The van der Waals surface area contributed by atoms with Crippen LogP contribution >= 0.6 is 0 Å². The Morgan fingerprint density at radius 2 is 1.62 bits per heavy atom. The highest BCUT2D eigenvalue weighted by atomic mass is 32.2. The van der Waals surface area contributed by atoms with E-state index in [9.17, 15) is 13.2 Å². The molecule has 1 unspecified atom stereocenters. The van der Waals surface area contributed by atoms with Crippen molar-refractivity contribution in [3.63, 3.8) is 0 Å². The molecule has 0 saturated heterocycles. The van der Waals surface area contributed by atoms with E-state index in [1.165, 1.54) is 11.6 Å². The minimum Gasteiger partial charge on any atom is -0.345 e. The zero-order valence-corrected chi connectivity index (χ0v) is 16.6. The Kier molecular flexibility index (Phi) is 6.59. The van der Waals surface area contributed by atoms with Gasteiger partial charge in [0.25, 0.3) is 5.91 Å². The van der Waals surface area contributed by atoms with Gasteiger partial charge >= 0.3 is 0 Å². The molecule has 0 aromatic heterocycles. The molecule has 0 radical (unpaired) electrons. The van der Waals surface area contributed by atoms with Crippen LogP contribution in [0.2, 0.25) is 0 Å². The number of rotatable bonds is 7. The third kappa shape index (κ3) is 4.94. The van der Waals surface area contributed by atoms with Gasteiger partial charge in [0.05, 0.1) is 22.3 Å². The maximum atomic E-state index is 12.6. The van der Waals surface area contributed by atoms with Gasteiger partial charge < -0.3 is 5.32 Å². The van der Waals surface area contributed by atoms with Crippen LogP contribution in [0.3, 0.4) is 0 Å². The highest BCUT2D eigenvalue weighted by Gasteiger charge is 2.21. The Hall–Kier alpha value is -2.14. The molecule has 2 rings (SSSR count). The van der Waals surface area contributed by atoms with Crippen LogP contribution in [-0.4, -0.2) is 20.1 Å². The molecule has 0 aliphatic heterocycles. The Balaban J connectivity index is 2.18. The molecule has 1 N–H and O–H groups in total. The van der Waals surface area contributed by atoms with E-state index >= 15 is 0 Å². The van der Waals surface area contributed by atoms with Crippen molar-refractivity contribution in [3.05, 3.63) is 65.2 Å². The second kappa shape index (κ2) is 8.49. The summed E-state index contributed by atoms with van der Waals surface area (Å²) < 4.78 is 24.5. The van der Waals surface area contributed by atoms with Gasteiger partial charge in [-0.1, -0.05) is 57.2 Å². The molecule has 2 aromatic carbocycles. The largest absolute Gasteiger partial charge is 0.345 e. The minimum atomic E-state index is -3.45. The first-order valence-corrected chi connectivity index (χ1v) is 10.6. The number of sulfone groups is 1. The molecular formula is C21H27NO3S. The number of hydrogen-bond donors (Lipinski definition) is 1. The summed E-state index contributed by atoms with van der Waals surface area (Å²) in [4.78, 5) is 12.7. The molecule has 26 heavy (non-hydrogen) atoms. The monoisotopic (exact) mass is 373 g/mol. The van der Waals surface area contributed by atoms with Crippen LogP contribution in [0, 0.1) is 5.92 Å². The first-order chi connectivity index (χ1) is 12.2. The van der Waals surface area contributed by atoms with Crippen molar-refractivity contribution < 1.29 is 13.2 Å². The number of amides is 1. The van der Waals surface area contributed by atoms with Gasteiger partial charge in [0.15, 0.2) is 9.84 Å². The molecule has 5 heteroatoms. The Morgan fingerprint density at radius 3 is 2.19 bits per heavy atom. The Bertz CT molecular complexity index is 855. The maximum Gasteiger partial charge on any atom is 0.253 e. The fraction of sp³-hybridized carbons (Fsp3) is 0.381. The topological polar surface area (TPSA) is 63.2 Å². The molecule has 140 valence electrons. The van der Waals surface area contributed by atoms with Crippen molar-refractivity contribution in [2.24, 2.45) is 5.92 Å². The number of benzene rings is 2. The third-order valence-corrected chi connectivity index (χ3v) is 6.10. The first kappa shape index (κ1) is 20.2. The van der Waals surface area contributed by atoms with Gasteiger partial charge in [-0.25, -0.2) is 8.42 Å². The van der Waals surface area contributed by atoms with Gasteiger partial charge in [0.1, 0.15) is 0 Å². The van der Waals surface area contributed by atoms with Gasteiger partial charge in [-0.2, -0.15) is 0 Å². The fourth-order valence-electron chi connectivity index (χ4n) is 2.85. The molecule has 0 saturated carbocycles. The van der Waals surface area contributed by atoms with Crippen molar-refractivity contribution >= 4 is 15.7 Å². The van der Waals surface area contributed by atoms with Crippen LogP contribution in [0.4, 0.5) is 0 Å². The minimum absolute atomic E-state index is 0.0375. The van der Waals surface area contributed by atoms with Gasteiger partial charge in [0, 0.05) is 0 Å². The van der Waals surface area contributed by atoms with Crippen LogP contribution < -0.4 is 5.32 Å². The molecule has 0 spiro atoms. The molecule has 2 aromatic rings. The van der Waals surface area contributed by atoms with Gasteiger partial charge in [-0.3, -0.25) is 4.79 Å². The Labute approximate surface area is 156 Å². The second-order valence-corrected chi connectivity index (χ2v) is 9.18. The zero-order chi connectivity index (χ0) is 19.3. The predicted molar refractivity (Wildman–Crippen MR) is 105 cm³/mol. The van der Waals surface area contributed by atoms with E-state index < -0.39 is 9.84 Å². The second-order valence-electron chi connectivity index (χ2n) is 6.93. The molecule has 0 fully saturated rings. The maximum absolute atomic E-state index is 12.6. The van der Waals surface area contributed by atoms with Crippen LogP contribution in [0.1, 0.15) is 55.2 Å². The molecule has 0 aliphatic carbocycles. The zero-order valence-electron chi connectivity index (χ0n) is 15.8. The molecule has 1 amide bonds. The predicted octanol–water partition coefficient (Wildman–Crippen LogP) is 4.17. The summed E-state index contributed by atoms with van der Waals surface area (Å²) in [5.41, 5.74) is 2.45. The summed E-state index contributed by atoms with van der Waals surface area (Å²) in [6.07, 6.45) is 1.02. The number of nitrogens with one attached hydrogen (secondary N) is 1. The summed E-state index contributed by atoms with van der Waals surface area (Å²) in [6, 6.07) is 14.3. The highest BCUT2D eigenvalue weighted by molar-refractivity contribution is 7.91. The lowest BCUT2D eigenvalue weighted by Crippen LogP contribution is -2.28. The quantitative estimate of drug-likeness (QED) is 0.792. The Morgan fingerprint density at radius 1 is 1.00 bits per heavy atom. The summed E-state index contributed by atoms with van der Waals surface area (Å²) in [5.74, 6) is 0.177.